The van der Waals surface area contributed by atoms with Crippen molar-refractivity contribution in [3.05, 3.63) is 33.7 Å². The van der Waals surface area contributed by atoms with Gasteiger partial charge in [0.15, 0.2) is 0 Å². The highest BCUT2D eigenvalue weighted by Gasteiger charge is 2.41. The molecule has 27 heavy (non-hydrogen) atoms. The molecule has 1 aliphatic rings. The summed E-state index contributed by atoms with van der Waals surface area (Å²) in [6.45, 7) is 10.1. The standard InChI is InChI=1S/C20H25NO5S/c1-7-26-16-8-12(4)14(9-15(16)11(2)3)10-17-18(22)21(20(24)27-17)13(5)19(23)25-6/h8-11,13H,7H2,1-6H3/b17-10+/t13-/m1/s1. The zero-order valence-electron chi connectivity index (χ0n) is 16.5. The number of carbonyl (C=O) groups excluding carboxylic acids is 3. The van der Waals surface area contributed by atoms with Gasteiger partial charge in [0.05, 0.1) is 18.6 Å². The molecule has 1 fully saturated rings. The minimum Gasteiger partial charge on any atom is -0.494 e. The van der Waals surface area contributed by atoms with E-state index >= 15 is 0 Å². The maximum atomic E-state index is 12.7. The highest BCUT2D eigenvalue weighted by Crippen LogP contribution is 2.36. The van der Waals surface area contributed by atoms with Crippen LogP contribution in [0.25, 0.3) is 6.08 Å². The molecule has 1 aliphatic heterocycles. The zero-order valence-corrected chi connectivity index (χ0v) is 17.3. The van der Waals surface area contributed by atoms with Crippen molar-refractivity contribution in [2.45, 2.75) is 46.6 Å². The summed E-state index contributed by atoms with van der Waals surface area (Å²) in [4.78, 5) is 37.9. The highest BCUT2D eigenvalue weighted by molar-refractivity contribution is 8.18. The first-order valence-electron chi connectivity index (χ1n) is 8.83. The number of ether oxygens (including phenoxy) is 2. The second-order valence-electron chi connectivity index (χ2n) is 6.59. The Bertz CT molecular complexity index is 800. The van der Waals surface area contributed by atoms with Gasteiger partial charge in [-0.3, -0.25) is 14.5 Å². The molecule has 1 aromatic carbocycles. The monoisotopic (exact) mass is 391 g/mol. The minimum absolute atomic E-state index is 0.244. The Hall–Kier alpha value is -2.28. The average Bonchev–Trinajstić information content (AvgIpc) is 2.89. The van der Waals surface area contributed by atoms with Crippen LogP contribution in [0, 0.1) is 6.92 Å². The van der Waals surface area contributed by atoms with Crippen LogP contribution in [0.4, 0.5) is 4.79 Å². The van der Waals surface area contributed by atoms with E-state index in [9.17, 15) is 14.4 Å². The number of methoxy groups -OCH3 is 1. The van der Waals surface area contributed by atoms with Crippen LogP contribution >= 0.6 is 11.8 Å². The lowest BCUT2D eigenvalue weighted by Crippen LogP contribution is -2.42. The number of thioether (sulfide) groups is 1. The van der Waals surface area contributed by atoms with E-state index in [1.165, 1.54) is 14.0 Å². The predicted molar refractivity (Wildman–Crippen MR) is 106 cm³/mol. The van der Waals surface area contributed by atoms with Gasteiger partial charge in [0.1, 0.15) is 11.8 Å². The molecule has 0 spiro atoms. The summed E-state index contributed by atoms with van der Waals surface area (Å²) >= 11 is 0.830. The molecule has 0 saturated carbocycles. The quantitative estimate of drug-likeness (QED) is 0.537. The fourth-order valence-corrected chi connectivity index (χ4v) is 3.73. The van der Waals surface area contributed by atoms with Crippen LogP contribution in [-0.2, 0) is 14.3 Å². The molecule has 1 atom stereocenters. The van der Waals surface area contributed by atoms with Crippen LogP contribution in [0.1, 0.15) is 50.3 Å². The molecule has 7 heteroatoms. The molecule has 146 valence electrons. The van der Waals surface area contributed by atoms with E-state index in [0.29, 0.717) is 6.61 Å². The first-order valence-corrected chi connectivity index (χ1v) is 9.65. The van der Waals surface area contributed by atoms with Crippen LogP contribution < -0.4 is 4.74 Å². The summed E-state index contributed by atoms with van der Waals surface area (Å²) in [5.74, 6) is -0.0385. The fraction of sp³-hybridized carbons (Fsp3) is 0.450. The summed E-state index contributed by atoms with van der Waals surface area (Å²) in [6, 6.07) is 2.98. The number of carbonyl (C=O) groups is 3. The van der Waals surface area contributed by atoms with Gasteiger partial charge in [-0.2, -0.15) is 0 Å². The largest absolute Gasteiger partial charge is 0.494 e. The maximum Gasteiger partial charge on any atom is 0.328 e. The molecule has 6 nitrogen and oxygen atoms in total. The lowest BCUT2D eigenvalue weighted by molar-refractivity contribution is -0.148. The Morgan fingerprint density at radius 3 is 2.48 bits per heavy atom. The molecule has 2 rings (SSSR count). The topological polar surface area (TPSA) is 72.9 Å². The van der Waals surface area contributed by atoms with Crippen LogP contribution in [0.3, 0.4) is 0 Å². The van der Waals surface area contributed by atoms with Gasteiger partial charge in [0.2, 0.25) is 0 Å². The number of hydrogen-bond donors (Lipinski definition) is 0. The van der Waals surface area contributed by atoms with Crippen molar-refractivity contribution in [1.29, 1.82) is 0 Å². The number of nitrogens with zero attached hydrogens (tertiary/aromatic N) is 1. The Morgan fingerprint density at radius 1 is 1.26 bits per heavy atom. The summed E-state index contributed by atoms with van der Waals surface area (Å²) in [5.41, 5.74) is 2.82. The summed E-state index contributed by atoms with van der Waals surface area (Å²) in [5, 5.41) is -0.475. The number of rotatable bonds is 6. The van der Waals surface area contributed by atoms with Gasteiger partial charge in [0.25, 0.3) is 11.1 Å². The predicted octanol–water partition coefficient (Wildman–Crippen LogP) is 4.11. The summed E-state index contributed by atoms with van der Waals surface area (Å²) in [6.07, 6.45) is 1.70. The molecule has 0 aliphatic carbocycles. The third kappa shape index (κ3) is 4.35. The first kappa shape index (κ1) is 21.0. The maximum absolute atomic E-state index is 12.7. The second kappa shape index (κ2) is 8.61. The van der Waals surface area contributed by atoms with E-state index < -0.39 is 23.2 Å². The SMILES string of the molecule is CCOc1cc(C)c(/C=C2/SC(=O)N([C@H](C)C(=O)OC)C2=O)cc1C(C)C. The highest BCUT2D eigenvalue weighted by atomic mass is 32.2. The Kier molecular flexibility index (Phi) is 6.70. The minimum atomic E-state index is -0.957. The lowest BCUT2D eigenvalue weighted by atomic mass is 9.96. The molecule has 2 amide bonds. The van der Waals surface area contributed by atoms with Gasteiger partial charge in [-0.25, -0.2) is 4.79 Å². The number of aryl methyl sites for hydroxylation is 1. The molecule has 0 aromatic heterocycles. The van der Waals surface area contributed by atoms with Crippen molar-refractivity contribution in [3.63, 3.8) is 0 Å². The number of benzene rings is 1. The van der Waals surface area contributed by atoms with E-state index in [2.05, 4.69) is 18.6 Å². The van der Waals surface area contributed by atoms with Gasteiger partial charge in [-0.05, 0) is 73.4 Å². The van der Waals surface area contributed by atoms with Crippen molar-refractivity contribution < 1.29 is 23.9 Å². The molecule has 0 N–H and O–H groups in total. The van der Waals surface area contributed by atoms with Gasteiger partial charge < -0.3 is 9.47 Å². The zero-order chi connectivity index (χ0) is 20.3. The third-order valence-electron chi connectivity index (χ3n) is 4.36. The van der Waals surface area contributed by atoms with Gasteiger partial charge in [0, 0.05) is 0 Å². The summed E-state index contributed by atoms with van der Waals surface area (Å²) in [7, 11) is 1.23. The second-order valence-corrected chi connectivity index (χ2v) is 7.58. The molecular weight excluding hydrogens is 366 g/mol. The van der Waals surface area contributed by atoms with Crippen molar-refractivity contribution >= 4 is 35.0 Å². The van der Waals surface area contributed by atoms with Crippen molar-refractivity contribution in [1.82, 2.24) is 4.90 Å². The average molecular weight is 391 g/mol. The van der Waals surface area contributed by atoms with Gasteiger partial charge in [-0.1, -0.05) is 13.8 Å². The van der Waals surface area contributed by atoms with E-state index in [1.54, 1.807) is 6.08 Å². The number of imide groups is 1. The van der Waals surface area contributed by atoms with Crippen LogP contribution in [-0.4, -0.2) is 41.8 Å². The molecule has 1 aromatic rings. The van der Waals surface area contributed by atoms with Crippen molar-refractivity contribution in [2.24, 2.45) is 0 Å². The lowest BCUT2D eigenvalue weighted by Gasteiger charge is -2.18. The Labute approximate surface area is 163 Å². The summed E-state index contributed by atoms with van der Waals surface area (Å²) < 4.78 is 10.4. The molecule has 0 radical (unpaired) electrons. The van der Waals surface area contributed by atoms with Gasteiger partial charge in [-0.15, -0.1) is 0 Å². The van der Waals surface area contributed by atoms with Gasteiger partial charge >= 0.3 is 5.97 Å². The van der Waals surface area contributed by atoms with Crippen molar-refractivity contribution in [3.8, 4) is 5.75 Å². The van der Waals surface area contributed by atoms with Crippen LogP contribution in [0.2, 0.25) is 0 Å². The molecule has 0 bridgehead atoms. The number of hydrogen-bond acceptors (Lipinski definition) is 6. The normalized spacial score (nSPS) is 17.0. The number of amides is 2. The molecule has 1 saturated heterocycles. The number of esters is 1. The van der Waals surface area contributed by atoms with E-state index in [-0.39, 0.29) is 10.8 Å². The smallest absolute Gasteiger partial charge is 0.328 e. The Balaban J connectivity index is 2.41. The third-order valence-corrected chi connectivity index (χ3v) is 5.24. The van der Waals surface area contributed by atoms with Crippen LogP contribution in [0.5, 0.6) is 5.75 Å². The fourth-order valence-electron chi connectivity index (χ4n) is 2.83. The first-order chi connectivity index (χ1) is 12.7. The van der Waals surface area contributed by atoms with E-state index in [1.807, 2.05) is 26.0 Å². The van der Waals surface area contributed by atoms with Crippen molar-refractivity contribution in [2.75, 3.05) is 13.7 Å². The van der Waals surface area contributed by atoms with E-state index in [4.69, 9.17) is 4.74 Å². The van der Waals surface area contributed by atoms with Crippen LogP contribution in [0.15, 0.2) is 17.0 Å². The molecular formula is C20H25NO5S. The molecule has 1 heterocycles. The molecule has 0 unspecified atom stereocenters. The Morgan fingerprint density at radius 2 is 1.93 bits per heavy atom. The van der Waals surface area contributed by atoms with E-state index in [0.717, 1.165) is 39.1 Å².